The van der Waals surface area contributed by atoms with Crippen molar-refractivity contribution < 1.29 is 0 Å². The Labute approximate surface area is 127 Å². The average molecular weight is 306 g/mol. The quantitative estimate of drug-likeness (QED) is 0.791. The van der Waals surface area contributed by atoms with E-state index in [2.05, 4.69) is 10.3 Å². The lowest BCUT2D eigenvalue weighted by Gasteiger charge is -2.02. The van der Waals surface area contributed by atoms with E-state index in [1.807, 2.05) is 53.2 Å². The van der Waals surface area contributed by atoms with Crippen LogP contribution in [-0.2, 0) is 13.1 Å². The van der Waals surface area contributed by atoms with Gasteiger partial charge in [-0.3, -0.25) is 0 Å². The minimum Gasteiger partial charge on any atom is -0.307 e. The van der Waals surface area contributed by atoms with E-state index in [1.54, 1.807) is 0 Å². The van der Waals surface area contributed by atoms with Crippen molar-refractivity contribution in [2.24, 2.45) is 0 Å². The van der Waals surface area contributed by atoms with Crippen molar-refractivity contribution in [3.63, 3.8) is 0 Å². The zero-order valence-electron chi connectivity index (χ0n) is 10.7. The molecule has 0 unspecified atom stereocenters. The van der Waals surface area contributed by atoms with Gasteiger partial charge in [0.2, 0.25) is 0 Å². The lowest BCUT2D eigenvalue weighted by atomic mass is 10.2. The standard InChI is InChI=1S/C15H13Cl2N3/c16-12-3-1-11(2-4-12)7-18-8-14-10-20-9-13(17)5-6-15(20)19-14/h1-6,9-10,18H,7-8H2. The number of nitrogens with zero attached hydrogens (tertiary/aromatic N) is 2. The third-order valence-electron chi connectivity index (χ3n) is 3.01. The Morgan fingerprint density at radius 3 is 2.45 bits per heavy atom. The van der Waals surface area contributed by atoms with Crippen LogP contribution < -0.4 is 5.32 Å². The summed E-state index contributed by atoms with van der Waals surface area (Å²) in [5, 5.41) is 4.82. The maximum atomic E-state index is 5.95. The van der Waals surface area contributed by atoms with Crippen LogP contribution >= 0.6 is 23.2 Å². The summed E-state index contributed by atoms with van der Waals surface area (Å²) in [6.07, 6.45) is 3.84. The van der Waals surface area contributed by atoms with Gasteiger partial charge in [0.05, 0.1) is 10.7 Å². The second-order valence-corrected chi connectivity index (χ2v) is 5.45. The molecular weight excluding hydrogens is 293 g/mol. The molecule has 0 aliphatic heterocycles. The van der Waals surface area contributed by atoms with Crippen molar-refractivity contribution in [1.82, 2.24) is 14.7 Å². The lowest BCUT2D eigenvalue weighted by Crippen LogP contribution is -2.12. The molecule has 1 aromatic carbocycles. The fourth-order valence-electron chi connectivity index (χ4n) is 2.04. The summed E-state index contributed by atoms with van der Waals surface area (Å²) in [7, 11) is 0. The molecule has 3 aromatic rings. The van der Waals surface area contributed by atoms with Gasteiger partial charge in [-0.15, -0.1) is 0 Å². The number of aromatic nitrogens is 2. The fraction of sp³-hybridized carbons (Fsp3) is 0.133. The zero-order valence-corrected chi connectivity index (χ0v) is 12.2. The molecule has 102 valence electrons. The van der Waals surface area contributed by atoms with Gasteiger partial charge < -0.3 is 9.72 Å². The molecule has 0 radical (unpaired) electrons. The zero-order chi connectivity index (χ0) is 13.9. The number of benzene rings is 1. The van der Waals surface area contributed by atoms with Gasteiger partial charge in [-0.1, -0.05) is 35.3 Å². The van der Waals surface area contributed by atoms with E-state index in [0.29, 0.717) is 11.6 Å². The Hall–Kier alpha value is -1.55. The maximum absolute atomic E-state index is 5.95. The van der Waals surface area contributed by atoms with Crippen LogP contribution in [0.2, 0.25) is 10.0 Å². The van der Waals surface area contributed by atoms with Crippen LogP contribution in [0.25, 0.3) is 5.65 Å². The molecule has 3 rings (SSSR count). The van der Waals surface area contributed by atoms with Gasteiger partial charge in [0, 0.05) is 30.5 Å². The molecule has 3 nitrogen and oxygen atoms in total. The van der Waals surface area contributed by atoms with Gasteiger partial charge in [-0.25, -0.2) is 4.98 Å². The van der Waals surface area contributed by atoms with E-state index in [0.717, 1.165) is 22.9 Å². The van der Waals surface area contributed by atoms with Gasteiger partial charge in [0.25, 0.3) is 0 Å². The Bertz CT molecular complexity index is 720. The molecule has 0 atom stereocenters. The number of nitrogens with one attached hydrogen (secondary N) is 1. The molecule has 0 amide bonds. The molecule has 20 heavy (non-hydrogen) atoms. The van der Waals surface area contributed by atoms with E-state index in [-0.39, 0.29) is 0 Å². The summed E-state index contributed by atoms with van der Waals surface area (Å²) in [5.74, 6) is 0. The highest BCUT2D eigenvalue weighted by molar-refractivity contribution is 6.30. The first kappa shape index (κ1) is 13.4. The van der Waals surface area contributed by atoms with Crippen LogP contribution in [0.1, 0.15) is 11.3 Å². The summed E-state index contributed by atoms with van der Waals surface area (Å²) < 4.78 is 1.93. The van der Waals surface area contributed by atoms with E-state index in [1.165, 1.54) is 5.56 Å². The normalized spacial score (nSPS) is 11.1. The maximum Gasteiger partial charge on any atom is 0.137 e. The Morgan fingerprint density at radius 2 is 1.65 bits per heavy atom. The molecule has 0 aliphatic rings. The van der Waals surface area contributed by atoms with Gasteiger partial charge in [0.1, 0.15) is 5.65 Å². The number of pyridine rings is 1. The van der Waals surface area contributed by atoms with Crippen LogP contribution in [0.4, 0.5) is 0 Å². The topological polar surface area (TPSA) is 29.3 Å². The van der Waals surface area contributed by atoms with Crippen LogP contribution in [0.15, 0.2) is 48.8 Å². The molecule has 1 N–H and O–H groups in total. The summed E-state index contributed by atoms with van der Waals surface area (Å²) in [6.45, 7) is 1.49. The molecule has 0 bridgehead atoms. The number of imidazole rings is 1. The van der Waals surface area contributed by atoms with Gasteiger partial charge in [-0.05, 0) is 29.8 Å². The van der Waals surface area contributed by atoms with Gasteiger partial charge >= 0.3 is 0 Å². The predicted octanol–water partition coefficient (Wildman–Crippen LogP) is 3.93. The number of halogens is 2. The predicted molar refractivity (Wildman–Crippen MR) is 82.2 cm³/mol. The molecule has 0 aliphatic carbocycles. The summed E-state index contributed by atoms with van der Waals surface area (Å²) >= 11 is 11.8. The van der Waals surface area contributed by atoms with Crippen molar-refractivity contribution in [3.05, 3.63) is 70.1 Å². The first-order valence-electron chi connectivity index (χ1n) is 6.29. The van der Waals surface area contributed by atoms with E-state index < -0.39 is 0 Å². The van der Waals surface area contributed by atoms with Crippen molar-refractivity contribution in [2.45, 2.75) is 13.1 Å². The van der Waals surface area contributed by atoms with E-state index >= 15 is 0 Å². The van der Waals surface area contributed by atoms with Gasteiger partial charge in [0.15, 0.2) is 0 Å². The highest BCUT2D eigenvalue weighted by Gasteiger charge is 2.02. The number of hydrogen-bond donors (Lipinski definition) is 1. The van der Waals surface area contributed by atoms with E-state index in [9.17, 15) is 0 Å². The smallest absolute Gasteiger partial charge is 0.137 e. The third kappa shape index (κ3) is 3.12. The third-order valence-corrected chi connectivity index (χ3v) is 3.49. The average Bonchev–Trinajstić information content (AvgIpc) is 2.83. The molecule has 5 heteroatoms. The first-order valence-corrected chi connectivity index (χ1v) is 7.04. The first-order chi connectivity index (χ1) is 9.70. The largest absolute Gasteiger partial charge is 0.307 e. The van der Waals surface area contributed by atoms with Gasteiger partial charge in [-0.2, -0.15) is 0 Å². The summed E-state index contributed by atoms with van der Waals surface area (Å²) in [4.78, 5) is 4.52. The minimum atomic E-state index is 0.704. The number of rotatable bonds is 4. The Morgan fingerprint density at radius 1 is 0.900 bits per heavy atom. The highest BCUT2D eigenvalue weighted by Crippen LogP contribution is 2.12. The summed E-state index contributed by atoms with van der Waals surface area (Å²) in [5.41, 5.74) is 3.08. The molecule has 0 fully saturated rings. The Balaban J connectivity index is 1.63. The van der Waals surface area contributed by atoms with Crippen LogP contribution in [0, 0.1) is 0 Å². The van der Waals surface area contributed by atoms with Crippen LogP contribution in [0.5, 0.6) is 0 Å². The van der Waals surface area contributed by atoms with Crippen LogP contribution in [0.3, 0.4) is 0 Å². The Kier molecular flexibility index (Phi) is 3.92. The highest BCUT2D eigenvalue weighted by atomic mass is 35.5. The SMILES string of the molecule is Clc1ccc(CNCc2cn3cc(Cl)ccc3n2)cc1. The van der Waals surface area contributed by atoms with E-state index in [4.69, 9.17) is 23.2 Å². The lowest BCUT2D eigenvalue weighted by molar-refractivity contribution is 0.683. The second kappa shape index (κ2) is 5.83. The van der Waals surface area contributed by atoms with Crippen molar-refractivity contribution >= 4 is 28.8 Å². The molecule has 0 saturated heterocycles. The molecule has 0 spiro atoms. The molecule has 0 saturated carbocycles. The number of fused-ring (bicyclic) bond motifs is 1. The van der Waals surface area contributed by atoms with Crippen molar-refractivity contribution in [3.8, 4) is 0 Å². The molecular formula is C15H13Cl2N3. The fourth-order valence-corrected chi connectivity index (χ4v) is 2.33. The minimum absolute atomic E-state index is 0.704. The monoisotopic (exact) mass is 305 g/mol. The van der Waals surface area contributed by atoms with Crippen molar-refractivity contribution in [2.75, 3.05) is 0 Å². The summed E-state index contributed by atoms with van der Waals surface area (Å²) in [6, 6.07) is 11.6. The van der Waals surface area contributed by atoms with Crippen molar-refractivity contribution in [1.29, 1.82) is 0 Å². The number of hydrogen-bond acceptors (Lipinski definition) is 2. The molecule has 2 heterocycles. The second-order valence-electron chi connectivity index (χ2n) is 4.58. The van der Waals surface area contributed by atoms with Crippen LogP contribution in [-0.4, -0.2) is 9.38 Å². The molecule has 2 aromatic heterocycles.